The highest BCUT2D eigenvalue weighted by Crippen LogP contribution is 2.16. The largest absolute Gasteiger partial charge is 0.481 e. The highest BCUT2D eigenvalue weighted by molar-refractivity contribution is 6.31. The van der Waals surface area contributed by atoms with E-state index in [0.717, 1.165) is 23.6 Å². The fraction of sp³-hybridized carbons (Fsp3) is 0.312. The zero-order valence-electron chi connectivity index (χ0n) is 11.8. The minimum absolute atomic E-state index is 0.344. The van der Waals surface area contributed by atoms with Crippen molar-refractivity contribution in [2.75, 3.05) is 7.11 Å². The Hall–Kier alpha value is -1.58. The molecule has 0 saturated heterocycles. The van der Waals surface area contributed by atoms with Crippen LogP contribution in [0.2, 0.25) is 5.02 Å². The lowest BCUT2D eigenvalue weighted by Gasteiger charge is -2.14. The van der Waals surface area contributed by atoms with E-state index in [0.29, 0.717) is 11.9 Å². The number of halogens is 1. The SMILES string of the molecule is COc1ccc(CNC(C)Cc2ccccc2Cl)cn1. The van der Waals surface area contributed by atoms with E-state index in [-0.39, 0.29) is 0 Å². The number of hydrogen-bond donors (Lipinski definition) is 1. The molecule has 4 heteroatoms. The molecule has 0 fully saturated rings. The van der Waals surface area contributed by atoms with Gasteiger partial charge >= 0.3 is 0 Å². The molecular weight excluding hydrogens is 272 g/mol. The quantitative estimate of drug-likeness (QED) is 0.884. The molecule has 0 amide bonds. The number of ether oxygens (including phenoxy) is 1. The Morgan fingerprint density at radius 2 is 2.05 bits per heavy atom. The summed E-state index contributed by atoms with van der Waals surface area (Å²) < 4.78 is 5.04. The topological polar surface area (TPSA) is 34.1 Å². The fourth-order valence-electron chi connectivity index (χ4n) is 1.99. The summed E-state index contributed by atoms with van der Waals surface area (Å²) in [7, 11) is 1.62. The van der Waals surface area contributed by atoms with Crippen molar-refractivity contribution in [2.24, 2.45) is 0 Å². The van der Waals surface area contributed by atoms with Gasteiger partial charge in [-0.05, 0) is 30.5 Å². The molecule has 0 aliphatic rings. The van der Waals surface area contributed by atoms with Crippen LogP contribution < -0.4 is 10.1 Å². The summed E-state index contributed by atoms with van der Waals surface area (Å²) in [6, 6.07) is 12.2. The summed E-state index contributed by atoms with van der Waals surface area (Å²) in [5, 5.41) is 4.30. The molecule has 106 valence electrons. The number of methoxy groups -OCH3 is 1. The third-order valence-corrected chi connectivity index (χ3v) is 3.51. The molecule has 0 aliphatic carbocycles. The van der Waals surface area contributed by atoms with Crippen LogP contribution in [0.1, 0.15) is 18.1 Å². The third kappa shape index (κ3) is 4.22. The first kappa shape index (κ1) is 14.8. The summed E-state index contributed by atoms with van der Waals surface area (Å²) in [6.07, 6.45) is 2.73. The van der Waals surface area contributed by atoms with Crippen LogP contribution in [0.25, 0.3) is 0 Å². The molecule has 20 heavy (non-hydrogen) atoms. The lowest BCUT2D eigenvalue weighted by atomic mass is 10.1. The van der Waals surface area contributed by atoms with Crippen LogP contribution in [-0.4, -0.2) is 18.1 Å². The average molecular weight is 291 g/mol. The van der Waals surface area contributed by atoms with Gasteiger partial charge in [0.15, 0.2) is 0 Å². The van der Waals surface area contributed by atoms with Crippen molar-refractivity contribution in [3.63, 3.8) is 0 Å². The molecule has 3 nitrogen and oxygen atoms in total. The van der Waals surface area contributed by atoms with Crippen LogP contribution in [0, 0.1) is 0 Å². The minimum atomic E-state index is 0.344. The predicted octanol–water partition coefficient (Wildman–Crippen LogP) is 3.46. The summed E-state index contributed by atoms with van der Waals surface area (Å²) in [5.74, 6) is 0.637. The average Bonchev–Trinajstić information content (AvgIpc) is 2.48. The molecule has 1 heterocycles. The second-order valence-corrected chi connectivity index (χ2v) is 5.19. The lowest BCUT2D eigenvalue weighted by Crippen LogP contribution is -2.27. The van der Waals surface area contributed by atoms with Gasteiger partial charge in [0.05, 0.1) is 7.11 Å². The van der Waals surface area contributed by atoms with Crippen molar-refractivity contribution in [3.8, 4) is 5.88 Å². The number of nitrogens with one attached hydrogen (secondary N) is 1. The first-order valence-electron chi connectivity index (χ1n) is 6.64. The number of benzene rings is 1. The maximum atomic E-state index is 6.17. The van der Waals surface area contributed by atoms with Gasteiger partial charge in [-0.1, -0.05) is 35.9 Å². The summed E-state index contributed by atoms with van der Waals surface area (Å²) in [4.78, 5) is 4.19. The summed E-state index contributed by atoms with van der Waals surface area (Å²) in [6.45, 7) is 2.93. The first-order valence-corrected chi connectivity index (χ1v) is 7.02. The van der Waals surface area contributed by atoms with Crippen molar-refractivity contribution in [3.05, 3.63) is 58.7 Å². The standard InChI is InChI=1S/C16H19ClN2O/c1-12(9-14-5-3-4-6-15(14)17)18-10-13-7-8-16(20-2)19-11-13/h3-8,11-12,18H,9-10H2,1-2H3. The number of pyridine rings is 1. The molecule has 1 unspecified atom stereocenters. The zero-order chi connectivity index (χ0) is 14.4. The Balaban J connectivity index is 1.85. The fourth-order valence-corrected chi connectivity index (χ4v) is 2.21. The molecule has 1 aromatic carbocycles. The summed E-state index contributed by atoms with van der Waals surface area (Å²) >= 11 is 6.17. The van der Waals surface area contributed by atoms with Crippen LogP contribution in [0.3, 0.4) is 0 Å². The van der Waals surface area contributed by atoms with Crippen molar-refractivity contribution >= 4 is 11.6 Å². The zero-order valence-corrected chi connectivity index (χ0v) is 12.5. The molecule has 2 aromatic rings. The van der Waals surface area contributed by atoms with Gasteiger partial charge in [0.25, 0.3) is 0 Å². The van der Waals surface area contributed by atoms with Crippen molar-refractivity contribution in [1.29, 1.82) is 0 Å². The van der Waals surface area contributed by atoms with Gasteiger partial charge in [0, 0.05) is 29.9 Å². The molecular formula is C16H19ClN2O. The van der Waals surface area contributed by atoms with Crippen LogP contribution in [0.4, 0.5) is 0 Å². The second-order valence-electron chi connectivity index (χ2n) is 4.79. The number of aromatic nitrogens is 1. The van der Waals surface area contributed by atoms with Gasteiger partial charge in [-0.25, -0.2) is 4.98 Å². The van der Waals surface area contributed by atoms with E-state index in [2.05, 4.69) is 23.3 Å². The van der Waals surface area contributed by atoms with E-state index < -0.39 is 0 Å². The second kappa shape index (κ2) is 7.27. The Bertz CT molecular complexity index is 542. The van der Waals surface area contributed by atoms with E-state index in [1.807, 2.05) is 36.5 Å². The molecule has 2 rings (SSSR count). The normalized spacial score (nSPS) is 12.2. The highest BCUT2D eigenvalue weighted by atomic mass is 35.5. The maximum Gasteiger partial charge on any atom is 0.212 e. The van der Waals surface area contributed by atoms with Gasteiger partial charge in [-0.2, -0.15) is 0 Å². The Labute approximate surface area is 124 Å². The van der Waals surface area contributed by atoms with Crippen LogP contribution in [0.15, 0.2) is 42.6 Å². The van der Waals surface area contributed by atoms with Crippen molar-refractivity contribution in [1.82, 2.24) is 10.3 Å². The van der Waals surface area contributed by atoms with Gasteiger partial charge in [0.1, 0.15) is 0 Å². The maximum absolute atomic E-state index is 6.17. The van der Waals surface area contributed by atoms with Gasteiger partial charge in [-0.15, -0.1) is 0 Å². The van der Waals surface area contributed by atoms with E-state index >= 15 is 0 Å². The van der Waals surface area contributed by atoms with Gasteiger partial charge in [0.2, 0.25) is 5.88 Å². The third-order valence-electron chi connectivity index (χ3n) is 3.15. The highest BCUT2D eigenvalue weighted by Gasteiger charge is 2.06. The number of nitrogens with zero attached hydrogens (tertiary/aromatic N) is 1. The molecule has 0 saturated carbocycles. The smallest absolute Gasteiger partial charge is 0.212 e. The van der Waals surface area contributed by atoms with E-state index in [1.54, 1.807) is 7.11 Å². The first-order chi connectivity index (χ1) is 9.69. The predicted molar refractivity (Wildman–Crippen MR) is 82.2 cm³/mol. The molecule has 1 N–H and O–H groups in total. The van der Waals surface area contributed by atoms with E-state index in [9.17, 15) is 0 Å². The Morgan fingerprint density at radius 1 is 1.25 bits per heavy atom. The van der Waals surface area contributed by atoms with Crippen LogP contribution in [-0.2, 0) is 13.0 Å². The molecule has 0 bridgehead atoms. The van der Waals surface area contributed by atoms with Gasteiger partial charge < -0.3 is 10.1 Å². The van der Waals surface area contributed by atoms with Crippen LogP contribution >= 0.6 is 11.6 Å². The van der Waals surface area contributed by atoms with Crippen LogP contribution in [0.5, 0.6) is 5.88 Å². The summed E-state index contributed by atoms with van der Waals surface area (Å²) in [5.41, 5.74) is 2.30. The number of hydrogen-bond acceptors (Lipinski definition) is 3. The molecule has 1 aromatic heterocycles. The Kier molecular flexibility index (Phi) is 5.39. The molecule has 1 atom stereocenters. The minimum Gasteiger partial charge on any atom is -0.481 e. The monoisotopic (exact) mass is 290 g/mol. The molecule has 0 aliphatic heterocycles. The van der Waals surface area contributed by atoms with E-state index in [4.69, 9.17) is 16.3 Å². The van der Waals surface area contributed by atoms with Crippen molar-refractivity contribution < 1.29 is 4.74 Å². The molecule has 0 radical (unpaired) electrons. The molecule has 0 spiro atoms. The Morgan fingerprint density at radius 3 is 2.70 bits per heavy atom. The van der Waals surface area contributed by atoms with Crippen molar-refractivity contribution in [2.45, 2.75) is 25.9 Å². The lowest BCUT2D eigenvalue weighted by molar-refractivity contribution is 0.397. The van der Waals surface area contributed by atoms with E-state index in [1.165, 1.54) is 5.56 Å². The van der Waals surface area contributed by atoms with Gasteiger partial charge in [-0.3, -0.25) is 0 Å². The number of rotatable bonds is 6.